The van der Waals surface area contributed by atoms with Crippen LogP contribution in [0.5, 0.6) is 5.75 Å². The molecule has 0 bridgehead atoms. The van der Waals surface area contributed by atoms with Crippen LogP contribution in [-0.4, -0.2) is 18.7 Å². The van der Waals surface area contributed by atoms with Gasteiger partial charge in [0.05, 0.1) is 6.21 Å². The Balaban J connectivity index is 1.80. The molecule has 4 heteroatoms. The molecule has 0 radical (unpaired) electrons. The molecule has 2 aromatic carbocycles. The number of hydrazone groups is 1. The van der Waals surface area contributed by atoms with Gasteiger partial charge in [-0.05, 0) is 35.6 Å². The van der Waals surface area contributed by atoms with E-state index >= 15 is 0 Å². The second-order valence-electron chi connectivity index (χ2n) is 6.77. The summed E-state index contributed by atoms with van der Waals surface area (Å²) in [6.45, 7) is 8.45. The maximum Gasteiger partial charge on any atom is 0.277 e. The van der Waals surface area contributed by atoms with Crippen molar-refractivity contribution >= 4 is 12.1 Å². The topological polar surface area (TPSA) is 50.7 Å². The molecule has 1 amide bonds. The van der Waals surface area contributed by atoms with Crippen LogP contribution >= 0.6 is 0 Å². The summed E-state index contributed by atoms with van der Waals surface area (Å²) in [5.41, 5.74) is 5.93. The number of hydrogen-bond acceptors (Lipinski definition) is 3. The second-order valence-corrected chi connectivity index (χ2v) is 6.77. The van der Waals surface area contributed by atoms with E-state index in [1.54, 1.807) is 6.21 Å². The van der Waals surface area contributed by atoms with Crippen LogP contribution < -0.4 is 10.2 Å². The first-order valence-electron chi connectivity index (χ1n) is 7.96. The van der Waals surface area contributed by atoms with Crippen molar-refractivity contribution in [2.75, 3.05) is 6.61 Å². The Morgan fingerprint density at radius 1 is 1.08 bits per heavy atom. The number of hydrogen-bond donors (Lipinski definition) is 1. The normalized spacial score (nSPS) is 11.5. The van der Waals surface area contributed by atoms with Crippen LogP contribution in [0, 0.1) is 6.92 Å². The standard InChI is InChI=1S/C20H24N2O2/c1-15-5-11-18(12-6-15)24-14-19(23)22-21-13-16-7-9-17(10-8-16)20(2,3)4/h5-13H,14H2,1-4H3,(H,22,23)/b21-13+. The van der Waals surface area contributed by atoms with Gasteiger partial charge in [0.25, 0.3) is 5.91 Å². The number of nitrogens with zero attached hydrogens (tertiary/aromatic N) is 1. The van der Waals surface area contributed by atoms with Crippen LogP contribution in [0.3, 0.4) is 0 Å². The van der Waals surface area contributed by atoms with Crippen LogP contribution in [0.2, 0.25) is 0 Å². The molecule has 0 unspecified atom stereocenters. The predicted molar refractivity (Wildman–Crippen MR) is 97.6 cm³/mol. The number of carbonyl (C=O) groups excluding carboxylic acids is 1. The highest BCUT2D eigenvalue weighted by molar-refractivity contribution is 5.82. The number of ether oxygens (including phenoxy) is 1. The number of amides is 1. The average molecular weight is 324 g/mol. The van der Waals surface area contributed by atoms with Gasteiger partial charge < -0.3 is 4.74 Å². The third kappa shape index (κ3) is 5.54. The van der Waals surface area contributed by atoms with Crippen molar-refractivity contribution in [3.8, 4) is 5.75 Å². The van der Waals surface area contributed by atoms with Gasteiger partial charge in [-0.3, -0.25) is 4.79 Å². The quantitative estimate of drug-likeness (QED) is 0.671. The largest absolute Gasteiger partial charge is 0.484 e. The molecule has 0 aliphatic rings. The molecule has 0 saturated heterocycles. The number of benzene rings is 2. The lowest BCUT2D eigenvalue weighted by molar-refractivity contribution is -0.123. The summed E-state index contributed by atoms with van der Waals surface area (Å²) in [7, 11) is 0. The van der Waals surface area contributed by atoms with Crippen LogP contribution in [0.15, 0.2) is 53.6 Å². The van der Waals surface area contributed by atoms with Gasteiger partial charge in [0.1, 0.15) is 5.75 Å². The van der Waals surface area contributed by atoms with Crippen molar-refractivity contribution in [1.29, 1.82) is 0 Å². The minimum atomic E-state index is -0.293. The molecular weight excluding hydrogens is 300 g/mol. The van der Waals surface area contributed by atoms with Gasteiger partial charge in [0.15, 0.2) is 6.61 Å². The molecule has 24 heavy (non-hydrogen) atoms. The smallest absolute Gasteiger partial charge is 0.277 e. The fourth-order valence-corrected chi connectivity index (χ4v) is 2.06. The van der Waals surface area contributed by atoms with Crippen LogP contribution in [0.4, 0.5) is 0 Å². The predicted octanol–water partition coefficient (Wildman–Crippen LogP) is 3.82. The molecule has 0 atom stereocenters. The van der Waals surface area contributed by atoms with Gasteiger partial charge in [-0.15, -0.1) is 0 Å². The molecule has 0 saturated carbocycles. The lowest BCUT2D eigenvalue weighted by Gasteiger charge is -2.18. The molecule has 0 aliphatic carbocycles. The minimum Gasteiger partial charge on any atom is -0.484 e. The Bertz CT molecular complexity index is 696. The molecule has 0 aromatic heterocycles. The molecular formula is C20H24N2O2. The van der Waals surface area contributed by atoms with E-state index in [0.29, 0.717) is 5.75 Å². The van der Waals surface area contributed by atoms with Crippen molar-refractivity contribution in [2.24, 2.45) is 5.10 Å². The highest BCUT2D eigenvalue weighted by Gasteiger charge is 2.12. The monoisotopic (exact) mass is 324 g/mol. The molecule has 0 spiro atoms. The molecule has 0 fully saturated rings. The van der Waals surface area contributed by atoms with E-state index in [0.717, 1.165) is 11.1 Å². The number of rotatable bonds is 5. The lowest BCUT2D eigenvalue weighted by Crippen LogP contribution is -2.24. The first kappa shape index (κ1) is 17.7. The fourth-order valence-electron chi connectivity index (χ4n) is 2.06. The van der Waals surface area contributed by atoms with Crippen molar-refractivity contribution < 1.29 is 9.53 Å². The average Bonchev–Trinajstić information content (AvgIpc) is 2.54. The molecule has 1 N–H and O–H groups in total. The van der Waals surface area contributed by atoms with Gasteiger partial charge >= 0.3 is 0 Å². The molecule has 0 aliphatic heterocycles. The Hall–Kier alpha value is -2.62. The highest BCUT2D eigenvalue weighted by atomic mass is 16.5. The van der Waals surface area contributed by atoms with Gasteiger partial charge in [0, 0.05) is 0 Å². The van der Waals surface area contributed by atoms with Gasteiger partial charge in [-0.2, -0.15) is 5.10 Å². The zero-order valence-corrected chi connectivity index (χ0v) is 14.7. The maximum absolute atomic E-state index is 11.7. The van der Waals surface area contributed by atoms with Crippen molar-refractivity contribution in [2.45, 2.75) is 33.1 Å². The number of nitrogens with one attached hydrogen (secondary N) is 1. The summed E-state index contributed by atoms with van der Waals surface area (Å²) < 4.78 is 5.39. The van der Waals surface area contributed by atoms with E-state index < -0.39 is 0 Å². The van der Waals surface area contributed by atoms with E-state index in [1.165, 1.54) is 5.56 Å². The summed E-state index contributed by atoms with van der Waals surface area (Å²) in [5.74, 6) is 0.371. The molecule has 0 heterocycles. The third-order valence-corrected chi connectivity index (χ3v) is 3.57. The summed E-state index contributed by atoms with van der Waals surface area (Å²) in [5, 5.41) is 3.96. The Morgan fingerprint density at radius 2 is 1.71 bits per heavy atom. The minimum absolute atomic E-state index is 0.0661. The van der Waals surface area contributed by atoms with Crippen LogP contribution in [0.1, 0.15) is 37.5 Å². The first-order chi connectivity index (χ1) is 11.3. The van der Waals surface area contributed by atoms with E-state index in [1.807, 2.05) is 43.3 Å². The van der Waals surface area contributed by atoms with Crippen molar-refractivity contribution in [3.63, 3.8) is 0 Å². The SMILES string of the molecule is Cc1ccc(OCC(=O)N/N=C/c2ccc(C(C)(C)C)cc2)cc1. The lowest BCUT2D eigenvalue weighted by atomic mass is 9.87. The van der Waals surface area contributed by atoms with E-state index in [2.05, 4.69) is 43.4 Å². The second kappa shape index (κ2) is 7.77. The third-order valence-electron chi connectivity index (χ3n) is 3.57. The summed E-state index contributed by atoms with van der Waals surface area (Å²) in [4.78, 5) is 11.7. The van der Waals surface area contributed by atoms with Gasteiger partial charge in [-0.1, -0.05) is 62.7 Å². The van der Waals surface area contributed by atoms with Crippen LogP contribution in [0.25, 0.3) is 0 Å². The van der Waals surface area contributed by atoms with Gasteiger partial charge in [0.2, 0.25) is 0 Å². The molecule has 126 valence electrons. The molecule has 2 rings (SSSR count). The Morgan fingerprint density at radius 3 is 2.29 bits per heavy atom. The first-order valence-corrected chi connectivity index (χ1v) is 7.96. The highest BCUT2D eigenvalue weighted by Crippen LogP contribution is 2.21. The molecule has 2 aromatic rings. The number of carbonyl (C=O) groups is 1. The van der Waals surface area contributed by atoms with Crippen LogP contribution in [-0.2, 0) is 10.2 Å². The van der Waals surface area contributed by atoms with Crippen molar-refractivity contribution in [1.82, 2.24) is 5.43 Å². The summed E-state index contributed by atoms with van der Waals surface area (Å²) in [6, 6.07) is 15.7. The maximum atomic E-state index is 11.7. The fraction of sp³-hybridized carbons (Fsp3) is 0.300. The van der Waals surface area contributed by atoms with Gasteiger partial charge in [-0.25, -0.2) is 5.43 Å². The summed E-state index contributed by atoms with van der Waals surface area (Å²) in [6.07, 6.45) is 1.62. The van der Waals surface area contributed by atoms with Crippen molar-refractivity contribution in [3.05, 3.63) is 65.2 Å². The molecule has 4 nitrogen and oxygen atoms in total. The zero-order chi connectivity index (χ0) is 17.6. The number of aryl methyl sites for hydroxylation is 1. The zero-order valence-electron chi connectivity index (χ0n) is 14.7. The van der Waals surface area contributed by atoms with E-state index in [-0.39, 0.29) is 17.9 Å². The Kier molecular flexibility index (Phi) is 5.74. The van der Waals surface area contributed by atoms with E-state index in [4.69, 9.17) is 4.74 Å². The Labute approximate surface area is 143 Å². The summed E-state index contributed by atoms with van der Waals surface area (Å²) >= 11 is 0. The van der Waals surface area contributed by atoms with E-state index in [9.17, 15) is 4.79 Å².